The van der Waals surface area contributed by atoms with Crippen molar-refractivity contribution in [3.63, 3.8) is 0 Å². The van der Waals surface area contributed by atoms with Gasteiger partial charge in [-0.25, -0.2) is 0 Å². The van der Waals surface area contributed by atoms with Crippen molar-refractivity contribution in [2.45, 2.75) is 13.1 Å². The van der Waals surface area contributed by atoms with Crippen LogP contribution < -0.4 is 10.1 Å². The van der Waals surface area contributed by atoms with Gasteiger partial charge in [0.25, 0.3) is 5.91 Å². The first-order valence-corrected chi connectivity index (χ1v) is 9.06. The van der Waals surface area contributed by atoms with Crippen LogP contribution in [0.25, 0.3) is 11.1 Å². The van der Waals surface area contributed by atoms with Crippen LogP contribution in [0, 0.1) is 0 Å². The van der Waals surface area contributed by atoms with E-state index in [1.807, 2.05) is 24.3 Å². The zero-order valence-corrected chi connectivity index (χ0v) is 15.3. The summed E-state index contributed by atoms with van der Waals surface area (Å²) < 4.78 is 5.42. The Morgan fingerprint density at radius 2 is 1.63 bits per heavy atom. The van der Waals surface area contributed by atoms with Crippen LogP contribution in [0.3, 0.4) is 0 Å². The Labute approximate surface area is 159 Å². The smallest absolute Gasteiger partial charge is 0.262 e. The Bertz CT molecular complexity index is 954. The Kier molecular flexibility index (Phi) is 4.90. The number of ether oxygens (including phenoxy) is 1. The van der Waals surface area contributed by atoms with Gasteiger partial charge in [0.2, 0.25) is 0 Å². The van der Waals surface area contributed by atoms with Gasteiger partial charge in [0.05, 0.1) is 5.69 Å². The van der Waals surface area contributed by atoms with Crippen LogP contribution in [-0.2, 0) is 17.9 Å². The lowest BCUT2D eigenvalue weighted by Crippen LogP contribution is -2.25. The van der Waals surface area contributed by atoms with E-state index in [1.165, 1.54) is 16.7 Å². The molecule has 0 saturated heterocycles. The van der Waals surface area contributed by atoms with Crippen LogP contribution in [0.15, 0.2) is 72.8 Å². The summed E-state index contributed by atoms with van der Waals surface area (Å²) in [6.07, 6.45) is 0. The van der Waals surface area contributed by atoms with Crippen LogP contribution >= 0.6 is 0 Å². The molecule has 4 nitrogen and oxygen atoms in total. The lowest BCUT2D eigenvalue weighted by molar-refractivity contribution is -0.118. The van der Waals surface area contributed by atoms with Crippen molar-refractivity contribution >= 4 is 11.6 Å². The minimum atomic E-state index is -0.106. The zero-order chi connectivity index (χ0) is 18.6. The average Bonchev–Trinajstić information content (AvgIpc) is 2.68. The monoisotopic (exact) mass is 358 g/mol. The molecule has 0 aromatic heterocycles. The van der Waals surface area contributed by atoms with Crippen molar-refractivity contribution in [3.8, 4) is 16.9 Å². The van der Waals surface area contributed by atoms with Gasteiger partial charge in [-0.1, -0.05) is 54.6 Å². The van der Waals surface area contributed by atoms with E-state index < -0.39 is 0 Å². The third-order valence-electron chi connectivity index (χ3n) is 4.62. The minimum absolute atomic E-state index is 0.0873. The van der Waals surface area contributed by atoms with Crippen LogP contribution in [0.2, 0.25) is 0 Å². The molecular weight excluding hydrogens is 336 g/mol. The molecule has 4 rings (SSSR count). The third-order valence-corrected chi connectivity index (χ3v) is 4.62. The van der Waals surface area contributed by atoms with E-state index in [2.05, 4.69) is 65.8 Å². The second-order valence-electron chi connectivity index (χ2n) is 6.91. The van der Waals surface area contributed by atoms with Gasteiger partial charge in [-0.15, -0.1) is 0 Å². The number of nitrogens with zero attached hydrogens (tertiary/aromatic N) is 1. The number of hydrogen-bond acceptors (Lipinski definition) is 3. The molecule has 1 heterocycles. The highest BCUT2D eigenvalue weighted by molar-refractivity contribution is 5.95. The van der Waals surface area contributed by atoms with Crippen LogP contribution in [0.5, 0.6) is 5.75 Å². The van der Waals surface area contributed by atoms with Crippen LogP contribution in [0.4, 0.5) is 5.69 Å². The van der Waals surface area contributed by atoms with Crippen molar-refractivity contribution in [2.75, 3.05) is 19.0 Å². The number of carbonyl (C=O) groups excluding carboxylic acids is 1. The summed E-state index contributed by atoms with van der Waals surface area (Å²) in [5, 5.41) is 2.87. The molecule has 0 fully saturated rings. The Morgan fingerprint density at radius 3 is 2.44 bits per heavy atom. The maximum atomic E-state index is 11.5. The van der Waals surface area contributed by atoms with E-state index >= 15 is 0 Å². The van der Waals surface area contributed by atoms with Gasteiger partial charge in [0.1, 0.15) is 5.75 Å². The lowest BCUT2D eigenvalue weighted by atomic mass is 10.0. The predicted octanol–water partition coefficient (Wildman–Crippen LogP) is 4.32. The molecule has 0 radical (unpaired) electrons. The van der Waals surface area contributed by atoms with E-state index in [4.69, 9.17) is 4.74 Å². The predicted molar refractivity (Wildman–Crippen MR) is 108 cm³/mol. The number of rotatable bonds is 5. The van der Waals surface area contributed by atoms with Crippen molar-refractivity contribution in [2.24, 2.45) is 0 Å². The maximum Gasteiger partial charge on any atom is 0.262 e. The third kappa shape index (κ3) is 4.18. The van der Waals surface area contributed by atoms with Crippen molar-refractivity contribution in [3.05, 3.63) is 83.9 Å². The Hall–Kier alpha value is -3.11. The highest BCUT2D eigenvalue weighted by Gasteiger charge is 2.16. The SMILES string of the molecule is CN(Cc1cccc(-c2ccccc2)c1)Cc1ccc2c(c1)NC(=O)CO2. The second-order valence-corrected chi connectivity index (χ2v) is 6.91. The van der Waals surface area contributed by atoms with Crippen molar-refractivity contribution in [1.82, 2.24) is 4.90 Å². The number of carbonyl (C=O) groups is 1. The number of benzene rings is 3. The summed E-state index contributed by atoms with van der Waals surface area (Å²) in [7, 11) is 2.10. The summed E-state index contributed by atoms with van der Waals surface area (Å²) in [5.41, 5.74) is 5.63. The minimum Gasteiger partial charge on any atom is -0.482 e. The molecule has 1 N–H and O–H groups in total. The summed E-state index contributed by atoms with van der Waals surface area (Å²) >= 11 is 0. The molecule has 3 aromatic rings. The molecule has 27 heavy (non-hydrogen) atoms. The fourth-order valence-electron chi connectivity index (χ4n) is 3.39. The van der Waals surface area contributed by atoms with Gasteiger partial charge in [-0.2, -0.15) is 0 Å². The summed E-state index contributed by atoms with van der Waals surface area (Å²) in [4.78, 5) is 13.8. The van der Waals surface area contributed by atoms with Crippen molar-refractivity contribution < 1.29 is 9.53 Å². The first kappa shape index (κ1) is 17.3. The van der Waals surface area contributed by atoms with E-state index in [-0.39, 0.29) is 12.5 Å². The summed E-state index contributed by atoms with van der Waals surface area (Å²) in [6, 6.07) is 25.0. The van der Waals surface area contributed by atoms with Gasteiger partial charge in [-0.05, 0) is 47.5 Å². The number of hydrogen-bond donors (Lipinski definition) is 1. The molecule has 1 aliphatic heterocycles. The van der Waals surface area contributed by atoms with Gasteiger partial charge in [0, 0.05) is 13.1 Å². The van der Waals surface area contributed by atoms with Gasteiger partial charge >= 0.3 is 0 Å². The van der Waals surface area contributed by atoms with Gasteiger partial charge < -0.3 is 10.1 Å². The van der Waals surface area contributed by atoms with E-state index in [1.54, 1.807) is 0 Å². The fraction of sp³-hybridized carbons (Fsp3) is 0.174. The van der Waals surface area contributed by atoms with E-state index in [0.29, 0.717) is 0 Å². The topological polar surface area (TPSA) is 41.6 Å². The number of fused-ring (bicyclic) bond motifs is 1. The molecule has 3 aromatic carbocycles. The molecule has 0 atom stereocenters. The van der Waals surface area contributed by atoms with E-state index in [0.717, 1.165) is 30.1 Å². The van der Waals surface area contributed by atoms with Gasteiger partial charge in [0.15, 0.2) is 6.61 Å². The molecule has 1 amide bonds. The van der Waals surface area contributed by atoms with Crippen LogP contribution in [-0.4, -0.2) is 24.5 Å². The molecule has 136 valence electrons. The molecule has 0 aliphatic carbocycles. The average molecular weight is 358 g/mol. The highest BCUT2D eigenvalue weighted by Crippen LogP contribution is 2.29. The number of anilines is 1. The second kappa shape index (κ2) is 7.64. The molecule has 1 aliphatic rings. The van der Waals surface area contributed by atoms with Gasteiger partial charge in [-0.3, -0.25) is 9.69 Å². The molecule has 0 saturated carbocycles. The van der Waals surface area contributed by atoms with E-state index in [9.17, 15) is 4.79 Å². The molecule has 4 heteroatoms. The molecular formula is C23H22N2O2. The summed E-state index contributed by atoms with van der Waals surface area (Å²) in [5.74, 6) is 0.627. The highest BCUT2D eigenvalue weighted by atomic mass is 16.5. The zero-order valence-electron chi connectivity index (χ0n) is 15.3. The number of amides is 1. The van der Waals surface area contributed by atoms with Crippen molar-refractivity contribution in [1.29, 1.82) is 0 Å². The molecule has 0 spiro atoms. The fourth-order valence-corrected chi connectivity index (χ4v) is 3.39. The lowest BCUT2D eigenvalue weighted by Gasteiger charge is -2.21. The first-order valence-electron chi connectivity index (χ1n) is 9.06. The Balaban J connectivity index is 1.45. The molecule has 0 bridgehead atoms. The van der Waals surface area contributed by atoms with Crippen LogP contribution in [0.1, 0.15) is 11.1 Å². The number of nitrogens with one attached hydrogen (secondary N) is 1. The Morgan fingerprint density at radius 1 is 0.889 bits per heavy atom. The quantitative estimate of drug-likeness (QED) is 0.739. The first-order chi connectivity index (χ1) is 13.2. The normalized spacial score (nSPS) is 13.0. The molecule has 0 unspecified atom stereocenters. The standard InChI is InChI=1S/C23H22N2O2/c1-25(15-18-10-11-22-21(13-18)24-23(26)16-27-22)14-17-6-5-9-20(12-17)19-7-3-2-4-8-19/h2-13H,14-16H2,1H3,(H,24,26). The summed E-state index contributed by atoms with van der Waals surface area (Å²) in [6.45, 7) is 1.73. The largest absolute Gasteiger partial charge is 0.482 e. The maximum absolute atomic E-state index is 11.5.